The van der Waals surface area contributed by atoms with Crippen LogP contribution in [0, 0.1) is 0 Å². The van der Waals surface area contributed by atoms with E-state index in [1.165, 1.54) is 122 Å². The zero-order valence-corrected chi connectivity index (χ0v) is 39.7. The molecule has 14 heteroatoms. The molecule has 0 saturated carbocycles. The Morgan fingerprint density at radius 2 is 1.07 bits per heavy atom. The number of unbranched alkanes of at least 4 members (excludes halogenated alkanes) is 25. The van der Waals surface area contributed by atoms with Crippen molar-refractivity contribution >= 4 is 19.7 Å². The first-order valence-corrected chi connectivity index (χ1v) is 26.4. The number of carboxylic acids is 1. The topological polar surface area (TPSA) is 201 Å². The van der Waals surface area contributed by atoms with Crippen LogP contribution in [-0.2, 0) is 32.9 Å². The van der Waals surface area contributed by atoms with Crippen molar-refractivity contribution in [2.24, 2.45) is 0 Å². The second-order valence-corrected chi connectivity index (χ2v) is 18.9. The molecule has 1 amide bonds. The van der Waals surface area contributed by atoms with Crippen LogP contribution in [0.1, 0.15) is 226 Å². The molecule has 0 bridgehead atoms. The van der Waals surface area contributed by atoms with Crippen molar-refractivity contribution in [3.05, 3.63) is 0 Å². The molecule has 1 fully saturated rings. The Hall–Kier alpha value is -1.15. The summed E-state index contributed by atoms with van der Waals surface area (Å²) in [6, 6.07) is -1.42. The quantitative estimate of drug-likeness (QED) is 0.0250. The highest BCUT2D eigenvalue weighted by Crippen LogP contribution is 2.42. The molecule has 1 rings (SSSR count). The number of aliphatic carboxylic acids is 1. The number of phosphoric ester groups is 1. The number of ether oxygens (including phenoxy) is 3. The molecule has 0 spiro atoms. The van der Waals surface area contributed by atoms with E-state index in [9.17, 15) is 39.3 Å². The van der Waals surface area contributed by atoms with E-state index in [1.54, 1.807) is 0 Å². The summed E-state index contributed by atoms with van der Waals surface area (Å²) in [6.45, 7) is 6.24. The van der Waals surface area contributed by atoms with Crippen LogP contribution in [-0.4, -0.2) is 99.5 Å². The maximum atomic E-state index is 13.8. The van der Waals surface area contributed by atoms with E-state index in [1.807, 2.05) is 0 Å². The molecule has 0 aromatic rings. The third kappa shape index (κ3) is 30.6. The maximum absolute atomic E-state index is 13.8. The predicted octanol–water partition coefficient (Wildman–Crippen LogP) is 10.5. The van der Waals surface area contributed by atoms with Crippen molar-refractivity contribution < 1.29 is 58.0 Å². The smallest absolute Gasteiger partial charge is 0.470 e. The molecule has 0 aromatic carbocycles. The molecule has 362 valence electrons. The fourth-order valence-electron chi connectivity index (χ4n) is 8.33. The minimum Gasteiger partial charge on any atom is -0.479 e. The summed E-state index contributed by atoms with van der Waals surface area (Å²) in [4.78, 5) is 46.0. The van der Waals surface area contributed by atoms with Gasteiger partial charge in [-0.2, -0.15) is 0 Å². The largest absolute Gasteiger partial charge is 0.479 e. The number of carboxylic acid groups (broad SMARTS) is 1. The summed E-state index contributed by atoms with van der Waals surface area (Å²) in [5, 5.41) is 33.8. The van der Waals surface area contributed by atoms with Crippen LogP contribution in [0.15, 0.2) is 0 Å². The van der Waals surface area contributed by atoms with Gasteiger partial charge in [-0.15, -0.1) is 0 Å². The Balaban J connectivity index is 2.94. The summed E-state index contributed by atoms with van der Waals surface area (Å²) in [6.07, 6.45) is 26.8. The summed E-state index contributed by atoms with van der Waals surface area (Å²) in [7, 11) is -5.19. The van der Waals surface area contributed by atoms with Crippen LogP contribution in [0.2, 0.25) is 0 Å². The molecule has 61 heavy (non-hydrogen) atoms. The molecular formula is C47H92NO12P. The SMILES string of the molecule is CCCCCCCCCCCCO[C@H](CCCCCCCCCCC)CC(=O)N[C@@H]1[C@@H](OCC[C@H](O)CCCCCCCCCCC)[C@H](OP(=O)(O)O)[C@@H](CO)O[C@@H]1C(=O)O. The number of nitrogens with one attached hydrogen (secondary N) is 1. The van der Waals surface area contributed by atoms with Crippen molar-refractivity contribution in [2.45, 2.75) is 269 Å². The monoisotopic (exact) mass is 894 g/mol. The van der Waals surface area contributed by atoms with E-state index < -0.39 is 69.0 Å². The maximum Gasteiger partial charge on any atom is 0.470 e. The summed E-state index contributed by atoms with van der Waals surface area (Å²) in [5.74, 6) is -1.96. The molecule has 1 aliphatic rings. The Morgan fingerprint density at radius 1 is 0.623 bits per heavy atom. The van der Waals surface area contributed by atoms with Crippen LogP contribution in [0.25, 0.3) is 0 Å². The van der Waals surface area contributed by atoms with E-state index in [0.29, 0.717) is 19.4 Å². The van der Waals surface area contributed by atoms with Gasteiger partial charge in [-0.05, 0) is 25.7 Å². The molecule has 1 saturated heterocycles. The number of rotatable bonds is 43. The van der Waals surface area contributed by atoms with Gasteiger partial charge in [0.25, 0.3) is 0 Å². The Bertz CT molecular complexity index is 1100. The van der Waals surface area contributed by atoms with Crippen molar-refractivity contribution in [3.63, 3.8) is 0 Å². The first kappa shape index (κ1) is 57.9. The molecule has 6 N–H and O–H groups in total. The summed E-state index contributed by atoms with van der Waals surface area (Å²) in [5.41, 5.74) is 0. The molecule has 0 aromatic heterocycles. The van der Waals surface area contributed by atoms with Gasteiger partial charge in [-0.1, -0.05) is 194 Å². The van der Waals surface area contributed by atoms with Crippen LogP contribution in [0.5, 0.6) is 0 Å². The molecule has 7 atom stereocenters. The number of amides is 1. The first-order valence-electron chi connectivity index (χ1n) is 24.9. The lowest BCUT2D eigenvalue weighted by atomic mass is 9.92. The lowest BCUT2D eigenvalue weighted by Gasteiger charge is -2.44. The zero-order chi connectivity index (χ0) is 45.0. The third-order valence-corrected chi connectivity index (χ3v) is 12.5. The highest BCUT2D eigenvalue weighted by Gasteiger charge is 2.52. The minimum atomic E-state index is -5.19. The zero-order valence-electron chi connectivity index (χ0n) is 38.8. The average molecular weight is 894 g/mol. The normalized spacial score (nSPS) is 20.5. The highest BCUT2D eigenvalue weighted by atomic mass is 31.2. The van der Waals surface area contributed by atoms with Crippen LogP contribution in [0.4, 0.5) is 0 Å². The summed E-state index contributed by atoms with van der Waals surface area (Å²) >= 11 is 0. The van der Waals surface area contributed by atoms with Gasteiger partial charge >= 0.3 is 13.8 Å². The van der Waals surface area contributed by atoms with Crippen molar-refractivity contribution in [3.8, 4) is 0 Å². The van der Waals surface area contributed by atoms with Gasteiger partial charge < -0.3 is 44.6 Å². The molecule has 1 aliphatic heterocycles. The van der Waals surface area contributed by atoms with E-state index in [-0.39, 0.29) is 19.4 Å². The van der Waals surface area contributed by atoms with E-state index >= 15 is 0 Å². The molecule has 0 radical (unpaired) electrons. The fraction of sp³-hybridized carbons (Fsp3) is 0.957. The van der Waals surface area contributed by atoms with E-state index in [2.05, 4.69) is 26.1 Å². The predicted molar refractivity (Wildman–Crippen MR) is 242 cm³/mol. The number of aliphatic hydroxyl groups excluding tert-OH is 2. The number of phosphoric acid groups is 1. The Labute approximate surface area is 370 Å². The second-order valence-electron chi connectivity index (χ2n) is 17.7. The van der Waals surface area contributed by atoms with Crippen molar-refractivity contribution in [1.29, 1.82) is 0 Å². The number of hydrogen-bond donors (Lipinski definition) is 6. The van der Waals surface area contributed by atoms with Gasteiger partial charge in [-0.25, -0.2) is 9.36 Å². The van der Waals surface area contributed by atoms with E-state index in [4.69, 9.17) is 18.7 Å². The third-order valence-electron chi connectivity index (χ3n) is 12.0. The lowest BCUT2D eigenvalue weighted by Crippen LogP contribution is -2.67. The second kappa shape index (κ2) is 38.2. The van der Waals surface area contributed by atoms with Crippen molar-refractivity contribution in [2.75, 3.05) is 19.8 Å². The molecule has 1 heterocycles. The Kier molecular flexibility index (Phi) is 36.2. The standard InChI is InChI=1S/C47H92NO12P/c1-4-7-10-13-16-19-22-25-28-31-35-57-40(33-30-27-24-21-18-15-12-9-6-3)37-42(51)48-43-45(44(60-61(54,55)56)41(38-49)59-46(43)47(52)53)58-36-34-39(50)32-29-26-23-20-17-14-11-8-5-2/h39-41,43-46,49-50H,4-38H2,1-3H3,(H,48,51)(H,52,53)(H2,54,55,56)/t39-,40-,41-,43-,44-,45-,46+/m1/s1. The number of hydrogen-bond acceptors (Lipinski definition) is 9. The molecule has 0 unspecified atom stereocenters. The van der Waals surface area contributed by atoms with Crippen LogP contribution < -0.4 is 5.32 Å². The minimum absolute atomic E-state index is 0.0464. The van der Waals surface area contributed by atoms with Gasteiger partial charge in [0.15, 0.2) is 6.10 Å². The summed E-state index contributed by atoms with van der Waals surface area (Å²) < 4.78 is 35.2. The molecule has 0 aliphatic carbocycles. The molecular weight excluding hydrogens is 801 g/mol. The fourth-order valence-corrected chi connectivity index (χ4v) is 8.91. The number of aliphatic hydroxyl groups is 2. The van der Waals surface area contributed by atoms with Crippen LogP contribution in [0.3, 0.4) is 0 Å². The average Bonchev–Trinajstić information content (AvgIpc) is 3.21. The highest BCUT2D eigenvalue weighted by molar-refractivity contribution is 7.46. The first-order chi connectivity index (χ1) is 29.5. The Morgan fingerprint density at radius 3 is 1.51 bits per heavy atom. The number of carbonyl (C=O) groups is 2. The molecule has 13 nitrogen and oxygen atoms in total. The van der Waals surface area contributed by atoms with Gasteiger partial charge in [0, 0.05) is 13.2 Å². The van der Waals surface area contributed by atoms with Gasteiger partial charge in [0.1, 0.15) is 18.3 Å². The van der Waals surface area contributed by atoms with E-state index in [0.717, 1.165) is 57.8 Å². The number of carbonyl (C=O) groups excluding carboxylic acids is 1. The van der Waals surface area contributed by atoms with Gasteiger partial charge in [-0.3, -0.25) is 9.32 Å². The van der Waals surface area contributed by atoms with Gasteiger partial charge in [0.2, 0.25) is 5.91 Å². The van der Waals surface area contributed by atoms with Gasteiger partial charge in [0.05, 0.1) is 31.3 Å². The van der Waals surface area contributed by atoms with Crippen LogP contribution >= 0.6 is 7.82 Å². The van der Waals surface area contributed by atoms with Crippen molar-refractivity contribution in [1.82, 2.24) is 5.32 Å². The lowest BCUT2D eigenvalue weighted by molar-refractivity contribution is -0.213.